The fourth-order valence-electron chi connectivity index (χ4n) is 3.21. The number of nitrogens with two attached hydrogens (primary N) is 2. The van der Waals surface area contributed by atoms with Gasteiger partial charge in [-0.15, -0.1) is 0 Å². The maximum atomic E-state index is 11.9. The van der Waals surface area contributed by atoms with Gasteiger partial charge in [0.15, 0.2) is 0 Å². The van der Waals surface area contributed by atoms with Crippen LogP contribution in [0.15, 0.2) is 23.9 Å². The Morgan fingerprint density at radius 1 is 0.857 bits per heavy atom. The number of hydrogen-bond acceptors (Lipinski definition) is 4. The standard InChI is InChI=1S/C24H46N2O2/c1-3-5-6-7-8-9-10-11-12-13-14-15-16-17-18-19-24(27)28-23(4-2)22(26)20-21-25/h11-12,20,23H,3-10,13-19,21,25-26H2,1-2H3. The number of allylic oxidation sites excluding steroid dienone is 2. The predicted molar refractivity (Wildman–Crippen MR) is 121 cm³/mol. The minimum Gasteiger partial charge on any atom is -0.456 e. The van der Waals surface area contributed by atoms with E-state index in [-0.39, 0.29) is 12.1 Å². The van der Waals surface area contributed by atoms with Crippen LogP contribution in [0.2, 0.25) is 0 Å². The summed E-state index contributed by atoms with van der Waals surface area (Å²) >= 11 is 0. The van der Waals surface area contributed by atoms with Gasteiger partial charge in [0.05, 0.1) is 0 Å². The number of esters is 1. The van der Waals surface area contributed by atoms with Gasteiger partial charge in [0, 0.05) is 18.7 Å². The number of unbranched alkanes of at least 4 members (excludes halogenated alkanes) is 11. The maximum absolute atomic E-state index is 11.9. The molecule has 4 N–H and O–H groups in total. The molecule has 0 amide bonds. The minimum atomic E-state index is -0.334. The van der Waals surface area contributed by atoms with Gasteiger partial charge in [-0.1, -0.05) is 77.4 Å². The van der Waals surface area contributed by atoms with Crippen molar-refractivity contribution in [2.24, 2.45) is 11.5 Å². The van der Waals surface area contributed by atoms with Crippen LogP contribution in [-0.2, 0) is 9.53 Å². The molecule has 0 aromatic carbocycles. The first-order chi connectivity index (χ1) is 13.7. The SMILES string of the molecule is CCCCCCCCC=CCCCCCCCC(=O)OC(CC)C(N)=CCN. The van der Waals surface area contributed by atoms with Crippen molar-refractivity contribution in [3.63, 3.8) is 0 Å². The molecule has 0 spiro atoms. The summed E-state index contributed by atoms with van der Waals surface area (Å²) in [5.74, 6) is -0.155. The molecule has 0 aliphatic heterocycles. The van der Waals surface area contributed by atoms with Gasteiger partial charge < -0.3 is 16.2 Å². The summed E-state index contributed by atoms with van der Waals surface area (Å²) in [4.78, 5) is 11.9. The lowest BCUT2D eigenvalue weighted by Crippen LogP contribution is -2.25. The summed E-state index contributed by atoms with van der Waals surface area (Å²) in [7, 11) is 0. The Morgan fingerprint density at radius 2 is 1.39 bits per heavy atom. The van der Waals surface area contributed by atoms with E-state index >= 15 is 0 Å². The van der Waals surface area contributed by atoms with Crippen LogP contribution < -0.4 is 11.5 Å². The molecule has 4 heteroatoms. The van der Waals surface area contributed by atoms with Crippen LogP contribution in [0, 0.1) is 0 Å². The van der Waals surface area contributed by atoms with E-state index in [9.17, 15) is 4.79 Å². The molecule has 164 valence electrons. The molecule has 0 fully saturated rings. The highest BCUT2D eigenvalue weighted by Crippen LogP contribution is 2.12. The Kier molecular flexibility index (Phi) is 19.5. The third-order valence-corrected chi connectivity index (χ3v) is 5.01. The quantitative estimate of drug-likeness (QED) is 0.156. The lowest BCUT2D eigenvalue weighted by atomic mass is 10.1. The second kappa shape index (κ2) is 20.4. The first kappa shape index (κ1) is 26.7. The van der Waals surface area contributed by atoms with E-state index in [2.05, 4.69) is 19.1 Å². The van der Waals surface area contributed by atoms with E-state index in [0.717, 1.165) is 12.8 Å². The van der Waals surface area contributed by atoms with Gasteiger partial charge in [-0.2, -0.15) is 0 Å². The van der Waals surface area contributed by atoms with E-state index in [4.69, 9.17) is 16.2 Å². The normalized spacial score (nSPS) is 13.2. The minimum absolute atomic E-state index is 0.155. The zero-order valence-corrected chi connectivity index (χ0v) is 18.6. The zero-order chi connectivity index (χ0) is 20.9. The number of carbonyl (C=O) groups is 1. The van der Waals surface area contributed by atoms with Crippen molar-refractivity contribution in [2.45, 2.75) is 116 Å². The molecule has 0 bridgehead atoms. The van der Waals surface area contributed by atoms with Crippen LogP contribution >= 0.6 is 0 Å². The van der Waals surface area contributed by atoms with Crippen LogP contribution in [0.25, 0.3) is 0 Å². The van der Waals surface area contributed by atoms with Gasteiger partial charge in [0.1, 0.15) is 6.10 Å². The Morgan fingerprint density at radius 3 is 1.93 bits per heavy atom. The highest BCUT2D eigenvalue weighted by molar-refractivity contribution is 5.69. The molecule has 0 saturated heterocycles. The van der Waals surface area contributed by atoms with Gasteiger partial charge in [-0.25, -0.2) is 0 Å². The van der Waals surface area contributed by atoms with E-state index in [1.807, 2.05) is 6.92 Å². The third kappa shape index (κ3) is 16.9. The molecule has 0 rings (SSSR count). The molecule has 0 saturated carbocycles. The van der Waals surface area contributed by atoms with Crippen molar-refractivity contribution in [3.05, 3.63) is 23.9 Å². The van der Waals surface area contributed by atoms with Crippen molar-refractivity contribution in [1.29, 1.82) is 0 Å². The lowest BCUT2D eigenvalue weighted by molar-refractivity contribution is -0.147. The fourth-order valence-corrected chi connectivity index (χ4v) is 3.21. The van der Waals surface area contributed by atoms with Crippen molar-refractivity contribution < 1.29 is 9.53 Å². The highest BCUT2D eigenvalue weighted by atomic mass is 16.5. The number of ether oxygens (including phenoxy) is 1. The number of rotatable bonds is 19. The first-order valence-electron chi connectivity index (χ1n) is 11.7. The summed E-state index contributed by atoms with van der Waals surface area (Å²) in [6.45, 7) is 4.59. The van der Waals surface area contributed by atoms with E-state index in [1.54, 1.807) is 6.08 Å². The summed E-state index contributed by atoms with van der Waals surface area (Å²) in [6.07, 6.45) is 23.5. The first-order valence-corrected chi connectivity index (χ1v) is 11.7. The van der Waals surface area contributed by atoms with E-state index in [1.165, 1.54) is 70.6 Å². The summed E-state index contributed by atoms with van der Waals surface area (Å²) < 4.78 is 5.44. The zero-order valence-electron chi connectivity index (χ0n) is 18.6. The molecule has 28 heavy (non-hydrogen) atoms. The molecule has 0 heterocycles. The van der Waals surface area contributed by atoms with Gasteiger partial charge in [-0.3, -0.25) is 4.79 Å². The molecular weight excluding hydrogens is 348 g/mol. The van der Waals surface area contributed by atoms with Crippen LogP contribution in [0.5, 0.6) is 0 Å². The van der Waals surface area contributed by atoms with E-state index in [0.29, 0.717) is 25.1 Å². The topological polar surface area (TPSA) is 78.3 Å². The average molecular weight is 395 g/mol. The van der Waals surface area contributed by atoms with Crippen LogP contribution in [0.3, 0.4) is 0 Å². The molecule has 4 nitrogen and oxygen atoms in total. The van der Waals surface area contributed by atoms with Crippen molar-refractivity contribution in [3.8, 4) is 0 Å². The van der Waals surface area contributed by atoms with Crippen LogP contribution in [0.4, 0.5) is 0 Å². The average Bonchev–Trinajstić information content (AvgIpc) is 2.69. The Hall–Kier alpha value is -1.29. The Bertz CT molecular complexity index is 419. The molecule has 1 atom stereocenters. The Labute approximate surface area is 174 Å². The third-order valence-electron chi connectivity index (χ3n) is 5.01. The van der Waals surface area contributed by atoms with Crippen molar-refractivity contribution in [1.82, 2.24) is 0 Å². The monoisotopic (exact) mass is 394 g/mol. The molecule has 0 aromatic rings. The highest BCUT2D eigenvalue weighted by Gasteiger charge is 2.14. The molecular formula is C24H46N2O2. The number of carbonyl (C=O) groups excluding carboxylic acids is 1. The van der Waals surface area contributed by atoms with Gasteiger partial charge in [0.25, 0.3) is 0 Å². The van der Waals surface area contributed by atoms with Crippen LogP contribution in [-0.4, -0.2) is 18.6 Å². The number of hydrogen-bond donors (Lipinski definition) is 2. The Balaban J connectivity index is 3.50. The molecule has 0 aliphatic rings. The molecule has 0 aliphatic carbocycles. The summed E-state index contributed by atoms with van der Waals surface area (Å²) in [5, 5.41) is 0. The van der Waals surface area contributed by atoms with Crippen molar-refractivity contribution >= 4 is 5.97 Å². The second-order valence-corrected chi connectivity index (χ2v) is 7.66. The molecule has 0 radical (unpaired) electrons. The molecule has 0 aromatic heterocycles. The summed E-state index contributed by atoms with van der Waals surface area (Å²) in [5.41, 5.74) is 11.9. The van der Waals surface area contributed by atoms with Gasteiger partial charge in [0.2, 0.25) is 0 Å². The lowest BCUT2D eigenvalue weighted by Gasteiger charge is -2.16. The summed E-state index contributed by atoms with van der Waals surface area (Å²) in [6, 6.07) is 0. The fraction of sp³-hybridized carbons (Fsp3) is 0.792. The molecule has 1 unspecified atom stereocenters. The largest absolute Gasteiger partial charge is 0.456 e. The maximum Gasteiger partial charge on any atom is 0.306 e. The van der Waals surface area contributed by atoms with Gasteiger partial charge >= 0.3 is 5.97 Å². The van der Waals surface area contributed by atoms with Gasteiger partial charge in [-0.05, 0) is 44.6 Å². The predicted octanol–water partition coefficient (Wildman–Crippen LogP) is 6.15. The van der Waals surface area contributed by atoms with E-state index < -0.39 is 0 Å². The van der Waals surface area contributed by atoms with Crippen LogP contribution in [0.1, 0.15) is 110 Å². The van der Waals surface area contributed by atoms with Crippen molar-refractivity contribution in [2.75, 3.05) is 6.54 Å². The smallest absolute Gasteiger partial charge is 0.306 e. The second-order valence-electron chi connectivity index (χ2n) is 7.66.